The number of hydrogen-bond donors (Lipinski definition) is 2. The lowest BCUT2D eigenvalue weighted by molar-refractivity contribution is -0.00799. The number of aliphatic hydroxyl groups excluding tert-OH is 1. The Balaban J connectivity index is 2.21. The summed E-state index contributed by atoms with van der Waals surface area (Å²) in [4.78, 5) is 11.6. The smallest absolute Gasteiger partial charge is 0.407 e. The third-order valence-electron chi connectivity index (χ3n) is 2.95. The van der Waals surface area contributed by atoms with E-state index in [1.807, 2.05) is 0 Å². The van der Waals surface area contributed by atoms with E-state index in [4.69, 9.17) is 9.84 Å². The van der Waals surface area contributed by atoms with E-state index in [9.17, 15) is 18.7 Å². The van der Waals surface area contributed by atoms with Crippen LogP contribution in [0.3, 0.4) is 0 Å². The molecule has 2 heterocycles. The van der Waals surface area contributed by atoms with Crippen LogP contribution in [0.4, 0.5) is 13.6 Å². The Labute approximate surface area is 84.2 Å². The zero-order chi connectivity index (χ0) is 11.2. The number of rotatable bonds is 1. The van der Waals surface area contributed by atoms with Crippen LogP contribution in [0.5, 0.6) is 0 Å². The summed E-state index contributed by atoms with van der Waals surface area (Å²) >= 11 is 0. The van der Waals surface area contributed by atoms with Crippen LogP contribution < -0.4 is 0 Å². The van der Waals surface area contributed by atoms with E-state index < -0.39 is 36.7 Å². The number of aliphatic hydroxyl groups is 1. The van der Waals surface area contributed by atoms with Crippen LogP contribution >= 0.6 is 0 Å². The molecule has 7 heteroatoms. The minimum Gasteiger partial charge on any atom is -0.465 e. The fourth-order valence-electron chi connectivity index (χ4n) is 2.27. The molecule has 2 aliphatic heterocycles. The maximum atomic E-state index is 12.6. The number of hydrogen-bond acceptors (Lipinski definition) is 3. The molecule has 2 saturated heterocycles. The molecule has 2 N–H and O–H groups in total. The van der Waals surface area contributed by atoms with Crippen molar-refractivity contribution in [3.63, 3.8) is 0 Å². The van der Waals surface area contributed by atoms with E-state index >= 15 is 0 Å². The Morgan fingerprint density at radius 1 is 1.53 bits per heavy atom. The average Bonchev–Trinajstić information content (AvgIpc) is 2.66. The first-order valence-corrected chi connectivity index (χ1v) is 4.59. The molecule has 0 aliphatic carbocycles. The molecule has 2 aliphatic rings. The standard InChI is InChI=1S/C8H11F2NO4/c9-7(10)3-1-11(8(13)14)5-4(12)2-15-6(3)5/h3-7,12H,1-2H2,(H,13,14). The van der Waals surface area contributed by atoms with Gasteiger partial charge in [-0.15, -0.1) is 0 Å². The van der Waals surface area contributed by atoms with E-state index in [0.717, 1.165) is 4.90 Å². The van der Waals surface area contributed by atoms with Crippen molar-refractivity contribution >= 4 is 6.09 Å². The summed E-state index contributed by atoms with van der Waals surface area (Å²) in [5.74, 6) is -1.14. The highest BCUT2D eigenvalue weighted by Gasteiger charge is 2.54. The molecule has 4 atom stereocenters. The van der Waals surface area contributed by atoms with Gasteiger partial charge in [0.15, 0.2) is 0 Å². The molecule has 1 amide bonds. The van der Waals surface area contributed by atoms with Crippen LogP contribution in [-0.4, -0.2) is 59.0 Å². The lowest BCUT2D eigenvalue weighted by Gasteiger charge is -2.21. The highest BCUT2D eigenvalue weighted by molar-refractivity contribution is 5.66. The minimum absolute atomic E-state index is 0.0810. The van der Waals surface area contributed by atoms with Crippen LogP contribution in [0.25, 0.3) is 0 Å². The maximum Gasteiger partial charge on any atom is 0.407 e. The highest BCUT2D eigenvalue weighted by Crippen LogP contribution is 2.36. The van der Waals surface area contributed by atoms with Crippen molar-refractivity contribution in [3.8, 4) is 0 Å². The van der Waals surface area contributed by atoms with Crippen molar-refractivity contribution in [1.82, 2.24) is 4.90 Å². The first-order valence-electron chi connectivity index (χ1n) is 4.59. The number of halogens is 2. The van der Waals surface area contributed by atoms with E-state index in [2.05, 4.69) is 0 Å². The summed E-state index contributed by atoms with van der Waals surface area (Å²) in [5.41, 5.74) is 0. The van der Waals surface area contributed by atoms with Crippen molar-refractivity contribution in [1.29, 1.82) is 0 Å². The van der Waals surface area contributed by atoms with Gasteiger partial charge in [0.05, 0.1) is 24.7 Å². The fourth-order valence-corrected chi connectivity index (χ4v) is 2.27. The predicted octanol–water partition coefficient (Wildman–Crippen LogP) is -0.0104. The van der Waals surface area contributed by atoms with Gasteiger partial charge in [-0.2, -0.15) is 0 Å². The van der Waals surface area contributed by atoms with E-state index in [0.29, 0.717) is 0 Å². The van der Waals surface area contributed by atoms with Gasteiger partial charge in [-0.05, 0) is 0 Å². The van der Waals surface area contributed by atoms with Gasteiger partial charge < -0.3 is 14.9 Å². The summed E-state index contributed by atoms with van der Waals surface area (Å²) in [6, 6.07) is -0.846. The van der Waals surface area contributed by atoms with Crippen molar-refractivity contribution in [2.24, 2.45) is 5.92 Å². The molecule has 0 aromatic heterocycles. The topological polar surface area (TPSA) is 70.0 Å². The van der Waals surface area contributed by atoms with Gasteiger partial charge in [0, 0.05) is 6.54 Å². The second-order valence-corrected chi connectivity index (χ2v) is 3.79. The molecule has 4 unspecified atom stereocenters. The van der Waals surface area contributed by atoms with Gasteiger partial charge in [0.2, 0.25) is 6.43 Å². The Morgan fingerprint density at radius 2 is 2.20 bits per heavy atom. The zero-order valence-corrected chi connectivity index (χ0v) is 7.72. The first-order chi connectivity index (χ1) is 7.02. The predicted molar refractivity (Wildman–Crippen MR) is 43.8 cm³/mol. The lowest BCUT2D eigenvalue weighted by atomic mass is 10.0. The summed E-state index contributed by atoms with van der Waals surface area (Å²) in [7, 11) is 0. The Morgan fingerprint density at radius 3 is 2.73 bits per heavy atom. The fraction of sp³-hybridized carbons (Fsp3) is 0.875. The van der Waals surface area contributed by atoms with Gasteiger partial charge in [-0.25, -0.2) is 13.6 Å². The van der Waals surface area contributed by atoms with Gasteiger partial charge in [-0.3, -0.25) is 4.90 Å². The van der Waals surface area contributed by atoms with E-state index in [1.165, 1.54) is 0 Å². The molecule has 2 rings (SSSR count). The van der Waals surface area contributed by atoms with Crippen LogP contribution in [0.2, 0.25) is 0 Å². The molecular weight excluding hydrogens is 212 g/mol. The van der Waals surface area contributed by atoms with Crippen LogP contribution in [0, 0.1) is 5.92 Å². The number of alkyl halides is 2. The van der Waals surface area contributed by atoms with Crippen LogP contribution in [0.15, 0.2) is 0 Å². The van der Waals surface area contributed by atoms with Gasteiger partial charge >= 0.3 is 6.09 Å². The zero-order valence-electron chi connectivity index (χ0n) is 7.72. The molecule has 5 nitrogen and oxygen atoms in total. The van der Waals surface area contributed by atoms with Crippen molar-refractivity contribution in [2.45, 2.75) is 24.7 Å². The van der Waals surface area contributed by atoms with E-state index in [-0.39, 0.29) is 13.2 Å². The molecule has 86 valence electrons. The second-order valence-electron chi connectivity index (χ2n) is 3.79. The third kappa shape index (κ3) is 1.55. The molecule has 0 radical (unpaired) electrons. The molecule has 0 saturated carbocycles. The van der Waals surface area contributed by atoms with Gasteiger partial charge in [0.1, 0.15) is 6.10 Å². The summed E-state index contributed by atoms with van der Waals surface area (Å²) in [5, 5.41) is 18.2. The molecule has 0 aromatic rings. The lowest BCUT2D eigenvalue weighted by Crippen LogP contribution is -2.43. The number of carboxylic acid groups (broad SMARTS) is 1. The Bertz CT molecular complexity index is 275. The van der Waals surface area contributed by atoms with Crippen molar-refractivity contribution in [3.05, 3.63) is 0 Å². The summed E-state index contributed by atoms with van der Waals surface area (Å²) in [6.07, 6.45) is -5.81. The average molecular weight is 223 g/mol. The maximum absolute atomic E-state index is 12.6. The summed E-state index contributed by atoms with van der Waals surface area (Å²) < 4.78 is 30.1. The number of nitrogens with zero attached hydrogens (tertiary/aromatic N) is 1. The number of likely N-dealkylation sites (tertiary alicyclic amines) is 1. The monoisotopic (exact) mass is 223 g/mol. The minimum atomic E-state index is -2.63. The third-order valence-corrected chi connectivity index (χ3v) is 2.95. The highest BCUT2D eigenvalue weighted by atomic mass is 19.3. The van der Waals surface area contributed by atoms with E-state index in [1.54, 1.807) is 0 Å². The second kappa shape index (κ2) is 3.57. The summed E-state index contributed by atoms with van der Waals surface area (Å²) in [6.45, 7) is -0.359. The van der Waals surface area contributed by atoms with Crippen LogP contribution in [-0.2, 0) is 4.74 Å². The Hall–Kier alpha value is -0.950. The number of fused-ring (bicyclic) bond motifs is 1. The quantitative estimate of drug-likeness (QED) is 0.656. The molecule has 0 bridgehead atoms. The normalized spacial score (nSPS) is 39.9. The molecule has 15 heavy (non-hydrogen) atoms. The molecule has 2 fully saturated rings. The van der Waals surface area contributed by atoms with Crippen molar-refractivity contribution < 1.29 is 28.5 Å². The number of ether oxygens (including phenoxy) is 1. The SMILES string of the molecule is O=C(O)N1CC(C(F)F)C2OCC(O)C21. The molecular formula is C8H11F2NO4. The number of amides is 1. The van der Waals surface area contributed by atoms with Crippen LogP contribution in [0.1, 0.15) is 0 Å². The molecule has 0 spiro atoms. The first kappa shape index (κ1) is 10.6. The van der Waals surface area contributed by atoms with Gasteiger partial charge in [0.25, 0.3) is 0 Å². The Kier molecular flexibility index (Phi) is 2.51. The van der Waals surface area contributed by atoms with Crippen molar-refractivity contribution in [2.75, 3.05) is 13.2 Å². The largest absolute Gasteiger partial charge is 0.465 e. The number of carbonyl (C=O) groups is 1. The molecule has 0 aromatic carbocycles. The van der Waals surface area contributed by atoms with Gasteiger partial charge in [-0.1, -0.05) is 0 Å².